The van der Waals surface area contributed by atoms with E-state index < -0.39 is 0 Å². The molecule has 0 aromatic heterocycles. The minimum Gasteiger partial charge on any atom is -0.445 e. The van der Waals surface area contributed by atoms with Crippen LogP contribution < -0.4 is 0 Å². The summed E-state index contributed by atoms with van der Waals surface area (Å²) in [6.45, 7) is 3.63. The Kier molecular flexibility index (Phi) is 4.02. The first-order valence-corrected chi connectivity index (χ1v) is 5.70. The lowest BCUT2D eigenvalue weighted by atomic mass is 10.0. The number of benzene rings is 1. The van der Waals surface area contributed by atoms with Crippen molar-refractivity contribution in [2.24, 2.45) is 0 Å². The topological polar surface area (TPSA) is 29.5 Å². The van der Waals surface area contributed by atoms with Crippen molar-refractivity contribution in [3.8, 4) is 0 Å². The standard InChI is InChI=1S/C14H16NO2/c1-12-6-5-9-15(10-12)14(16)17-11-13-7-3-2-4-8-13/h2-8H,9-11H2,1H3. The molecule has 2 rings (SSSR count). The number of likely N-dealkylation sites (tertiary alicyclic amines) is 1. The van der Waals surface area contributed by atoms with E-state index in [1.165, 1.54) is 5.92 Å². The highest BCUT2D eigenvalue weighted by Gasteiger charge is 2.22. The van der Waals surface area contributed by atoms with Crippen molar-refractivity contribution < 1.29 is 9.53 Å². The van der Waals surface area contributed by atoms with E-state index in [2.05, 4.69) is 0 Å². The first-order valence-electron chi connectivity index (χ1n) is 5.70. The maximum atomic E-state index is 11.8. The molecule has 3 heteroatoms. The molecule has 1 heterocycles. The summed E-state index contributed by atoms with van der Waals surface area (Å²) in [4.78, 5) is 13.5. The van der Waals surface area contributed by atoms with Crippen molar-refractivity contribution in [3.63, 3.8) is 0 Å². The third-order valence-electron chi connectivity index (χ3n) is 2.63. The normalized spacial score (nSPS) is 16.9. The number of amides is 1. The van der Waals surface area contributed by atoms with Gasteiger partial charge in [0.1, 0.15) is 6.61 Å². The van der Waals surface area contributed by atoms with Crippen molar-refractivity contribution in [2.45, 2.75) is 13.5 Å². The largest absolute Gasteiger partial charge is 0.445 e. The molecule has 0 aliphatic carbocycles. The summed E-state index contributed by atoms with van der Waals surface area (Å²) in [6.07, 6.45) is 3.77. The van der Waals surface area contributed by atoms with Crippen molar-refractivity contribution in [1.29, 1.82) is 0 Å². The van der Waals surface area contributed by atoms with Crippen molar-refractivity contribution >= 4 is 6.09 Å². The van der Waals surface area contributed by atoms with E-state index in [0.29, 0.717) is 19.7 Å². The third kappa shape index (κ3) is 3.48. The van der Waals surface area contributed by atoms with E-state index >= 15 is 0 Å². The number of carbonyl (C=O) groups is 1. The summed E-state index contributed by atoms with van der Waals surface area (Å²) < 4.78 is 5.26. The SMILES string of the molecule is C[C]1[CH][CH]CN(C(=O)OCc2ccccc2)C1. The molecule has 0 N–H and O–H groups in total. The Balaban J connectivity index is 1.81. The molecule has 1 aromatic carbocycles. The molecule has 3 nitrogen and oxygen atoms in total. The summed E-state index contributed by atoms with van der Waals surface area (Å²) in [5.74, 6) is 1.17. The van der Waals surface area contributed by atoms with Crippen LogP contribution in [-0.2, 0) is 11.3 Å². The number of piperidine rings is 1. The van der Waals surface area contributed by atoms with Crippen LogP contribution in [0.2, 0.25) is 0 Å². The number of nitrogens with zero attached hydrogens (tertiary/aromatic N) is 1. The molecule has 0 bridgehead atoms. The zero-order valence-electron chi connectivity index (χ0n) is 9.93. The van der Waals surface area contributed by atoms with Gasteiger partial charge in [0.05, 0.1) is 0 Å². The summed E-state index contributed by atoms with van der Waals surface area (Å²) in [6, 6.07) is 9.70. The molecule has 3 radical (unpaired) electrons. The van der Waals surface area contributed by atoms with E-state index in [9.17, 15) is 4.79 Å². The monoisotopic (exact) mass is 230 g/mol. The smallest absolute Gasteiger partial charge is 0.410 e. The average Bonchev–Trinajstić information content (AvgIpc) is 2.37. The Bertz CT molecular complexity index is 364. The second-order valence-electron chi connectivity index (χ2n) is 4.17. The molecule has 0 unspecified atom stereocenters. The number of hydrogen-bond donors (Lipinski definition) is 0. The fraction of sp³-hybridized carbons (Fsp3) is 0.286. The van der Waals surface area contributed by atoms with E-state index in [1.54, 1.807) is 4.90 Å². The third-order valence-corrected chi connectivity index (χ3v) is 2.63. The molecular weight excluding hydrogens is 214 g/mol. The quantitative estimate of drug-likeness (QED) is 0.781. The van der Waals surface area contributed by atoms with Crippen molar-refractivity contribution in [2.75, 3.05) is 13.1 Å². The van der Waals surface area contributed by atoms with Crippen LogP contribution in [-0.4, -0.2) is 24.1 Å². The van der Waals surface area contributed by atoms with Gasteiger partial charge in [-0.25, -0.2) is 4.79 Å². The second kappa shape index (κ2) is 5.71. The molecule has 89 valence electrons. The van der Waals surface area contributed by atoms with Gasteiger partial charge in [-0.15, -0.1) is 0 Å². The van der Waals surface area contributed by atoms with Crippen LogP contribution in [0.5, 0.6) is 0 Å². The summed E-state index contributed by atoms with van der Waals surface area (Å²) in [7, 11) is 0. The van der Waals surface area contributed by atoms with Crippen LogP contribution in [0.4, 0.5) is 4.79 Å². The number of hydrogen-bond acceptors (Lipinski definition) is 2. The lowest BCUT2D eigenvalue weighted by Crippen LogP contribution is -2.39. The highest BCUT2D eigenvalue weighted by atomic mass is 16.6. The van der Waals surface area contributed by atoms with Gasteiger partial charge in [-0.05, 0) is 24.3 Å². The van der Waals surface area contributed by atoms with E-state index in [-0.39, 0.29) is 6.09 Å². The van der Waals surface area contributed by atoms with Gasteiger partial charge in [-0.2, -0.15) is 0 Å². The van der Waals surface area contributed by atoms with Gasteiger partial charge in [0.15, 0.2) is 0 Å². The van der Waals surface area contributed by atoms with Crippen LogP contribution in [0.25, 0.3) is 0 Å². The van der Waals surface area contributed by atoms with Crippen LogP contribution in [0.3, 0.4) is 0 Å². The Hall–Kier alpha value is -1.51. The molecule has 1 saturated heterocycles. The fourth-order valence-electron chi connectivity index (χ4n) is 1.75. The fourth-order valence-corrected chi connectivity index (χ4v) is 1.75. The summed E-state index contributed by atoms with van der Waals surface area (Å²) >= 11 is 0. The van der Waals surface area contributed by atoms with Gasteiger partial charge in [0, 0.05) is 13.1 Å². The zero-order valence-corrected chi connectivity index (χ0v) is 9.93. The number of rotatable bonds is 2. The summed E-state index contributed by atoms with van der Waals surface area (Å²) in [5.41, 5.74) is 1.01. The van der Waals surface area contributed by atoms with Crippen LogP contribution in [0, 0.1) is 18.8 Å². The molecule has 17 heavy (non-hydrogen) atoms. The van der Waals surface area contributed by atoms with Gasteiger partial charge in [0.25, 0.3) is 0 Å². The van der Waals surface area contributed by atoms with Crippen molar-refractivity contribution in [1.82, 2.24) is 4.90 Å². The van der Waals surface area contributed by atoms with E-state index in [4.69, 9.17) is 4.74 Å². The second-order valence-corrected chi connectivity index (χ2v) is 4.17. The minimum absolute atomic E-state index is 0.252. The van der Waals surface area contributed by atoms with Gasteiger partial charge < -0.3 is 9.64 Å². The predicted molar refractivity (Wildman–Crippen MR) is 65.7 cm³/mol. The molecule has 0 saturated carbocycles. The highest BCUT2D eigenvalue weighted by Crippen LogP contribution is 2.16. The van der Waals surface area contributed by atoms with Crippen molar-refractivity contribution in [3.05, 3.63) is 54.7 Å². The van der Waals surface area contributed by atoms with Gasteiger partial charge in [-0.3, -0.25) is 0 Å². The first-order chi connectivity index (χ1) is 8.25. The lowest BCUT2D eigenvalue weighted by Gasteiger charge is -2.29. The summed E-state index contributed by atoms with van der Waals surface area (Å²) in [5, 5.41) is 0. The number of ether oxygens (including phenoxy) is 1. The van der Waals surface area contributed by atoms with E-state index in [0.717, 1.165) is 5.56 Å². The van der Waals surface area contributed by atoms with Crippen LogP contribution >= 0.6 is 0 Å². The molecular formula is C14H16NO2. The molecule has 1 aromatic rings. The highest BCUT2D eigenvalue weighted by molar-refractivity contribution is 5.68. The first kappa shape index (κ1) is 12.0. The van der Waals surface area contributed by atoms with Crippen LogP contribution in [0.1, 0.15) is 12.5 Å². The van der Waals surface area contributed by atoms with Gasteiger partial charge in [0.2, 0.25) is 0 Å². The zero-order chi connectivity index (χ0) is 12.1. The van der Waals surface area contributed by atoms with Crippen LogP contribution in [0.15, 0.2) is 30.3 Å². The average molecular weight is 230 g/mol. The number of carbonyl (C=O) groups excluding carboxylic acids is 1. The van der Waals surface area contributed by atoms with E-state index in [1.807, 2.05) is 50.1 Å². The van der Waals surface area contributed by atoms with Gasteiger partial charge >= 0.3 is 6.09 Å². The maximum Gasteiger partial charge on any atom is 0.410 e. The Labute approximate surface area is 102 Å². The Morgan fingerprint density at radius 1 is 1.35 bits per heavy atom. The predicted octanol–water partition coefficient (Wildman–Crippen LogP) is 2.64. The minimum atomic E-state index is -0.252. The molecule has 0 atom stereocenters. The Morgan fingerprint density at radius 2 is 2.12 bits per heavy atom. The van der Waals surface area contributed by atoms with Gasteiger partial charge in [-0.1, -0.05) is 37.3 Å². The Morgan fingerprint density at radius 3 is 2.82 bits per heavy atom. The molecule has 1 aliphatic rings. The molecule has 1 amide bonds. The molecule has 1 fully saturated rings. The molecule has 1 aliphatic heterocycles. The molecule has 0 spiro atoms. The lowest BCUT2D eigenvalue weighted by molar-refractivity contribution is 0.0989. The maximum absolute atomic E-state index is 11.8.